The van der Waals surface area contributed by atoms with Crippen LogP contribution in [0, 0.1) is 5.82 Å². The maximum Gasteiger partial charge on any atom is 0.328 e. The first-order chi connectivity index (χ1) is 7.04. The number of carboxylic acids is 1. The van der Waals surface area contributed by atoms with Crippen molar-refractivity contribution in [2.75, 3.05) is 7.11 Å². The van der Waals surface area contributed by atoms with Crippen molar-refractivity contribution in [2.45, 2.75) is 0 Å². The Morgan fingerprint density at radius 3 is 2.80 bits per heavy atom. The Morgan fingerprint density at radius 2 is 2.27 bits per heavy atom. The zero-order valence-corrected chi connectivity index (χ0v) is 9.42. The van der Waals surface area contributed by atoms with Crippen LogP contribution in [-0.4, -0.2) is 18.2 Å². The van der Waals surface area contributed by atoms with E-state index in [1.165, 1.54) is 13.2 Å². The number of methoxy groups -OCH3 is 1. The van der Waals surface area contributed by atoms with E-state index in [4.69, 9.17) is 9.84 Å². The highest BCUT2D eigenvalue weighted by Crippen LogP contribution is 2.27. The number of ether oxygens (including phenoxy) is 1. The Labute approximate surface area is 94.3 Å². The number of rotatable bonds is 3. The van der Waals surface area contributed by atoms with Crippen LogP contribution in [0.4, 0.5) is 4.39 Å². The Hall–Kier alpha value is -1.36. The largest absolute Gasteiger partial charge is 0.496 e. The van der Waals surface area contributed by atoms with Gasteiger partial charge in [-0.05, 0) is 18.2 Å². The summed E-state index contributed by atoms with van der Waals surface area (Å²) in [4.78, 5) is 10.3. The minimum absolute atomic E-state index is 0.114. The van der Waals surface area contributed by atoms with Gasteiger partial charge in [0.1, 0.15) is 11.6 Å². The molecule has 1 aromatic carbocycles. The molecule has 15 heavy (non-hydrogen) atoms. The van der Waals surface area contributed by atoms with E-state index in [9.17, 15) is 9.18 Å². The molecule has 0 bridgehead atoms. The number of halogens is 2. The summed E-state index contributed by atoms with van der Waals surface area (Å²) in [5, 5.41) is 8.42. The van der Waals surface area contributed by atoms with Crippen LogP contribution >= 0.6 is 15.9 Å². The Bertz CT molecular complexity index is 415. The first-order valence-electron chi connectivity index (χ1n) is 3.98. The fraction of sp³-hybridized carbons (Fsp3) is 0.100. The minimum Gasteiger partial charge on any atom is -0.496 e. The van der Waals surface area contributed by atoms with E-state index in [1.807, 2.05) is 0 Å². The summed E-state index contributed by atoms with van der Waals surface area (Å²) in [6.45, 7) is 0. The molecule has 1 aromatic rings. The maximum absolute atomic E-state index is 13.4. The molecule has 1 N–H and O–H groups in total. The van der Waals surface area contributed by atoms with Crippen LogP contribution in [0.2, 0.25) is 0 Å². The third-order valence-corrected chi connectivity index (χ3v) is 2.13. The van der Waals surface area contributed by atoms with Gasteiger partial charge in [0.25, 0.3) is 0 Å². The topological polar surface area (TPSA) is 46.5 Å². The summed E-state index contributed by atoms with van der Waals surface area (Å²) in [6, 6.07) is 2.80. The van der Waals surface area contributed by atoms with Crippen LogP contribution in [0.25, 0.3) is 6.08 Å². The molecule has 5 heteroatoms. The second kappa shape index (κ2) is 4.93. The number of hydrogen-bond donors (Lipinski definition) is 1. The van der Waals surface area contributed by atoms with E-state index < -0.39 is 11.8 Å². The van der Waals surface area contributed by atoms with Gasteiger partial charge < -0.3 is 9.84 Å². The van der Waals surface area contributed by atoms with Crippen LogP contribution in [-0.2, 0) is 4.79 Å². The molecule has 0 atom stereocenters. The lowest BCUT2D eigenvalue weighted by atomic mass is 10.1. The molecule has 3 nitrogen and oxygen atoms in total. The highest BCUT2D eigenvalue weighted by atomic mass is 79.9. The lowest BCUT2D eigenvalue weighted by Crippen LogP contribution is -1.93. The molecule has 0 heterocycles. The van der Waals surface area contributed by atoms with E-state index in [-0.39, 0.29) is 11.3 Å². The third-order valence-electron chi connectivity index (χ3n) is 1.67. The maximum atomic E-state index is 13.4. The van der Waals surface area contributed by atoms with Gasteiger partial charge in [-0.1, -0.05) is 15.9 Å². The number of benzene rings is 1. The number of aliphatic carboxylic acids is 1. The first kappa shape index (κ1) is 11.7. The normalized spacial score (nSPS) is 10.6. The summed E-state index contributed by atoms with van der Waals surface area (Å²) in [5.41, 5.74) is 0.114. The van der Waals surface area contributed by atoms with Crippen molar-refractivity contribution in [3.8, 4) is 5.75 Å². The molecule has 0 saturated heterocycles. The van der Waals surface area contributed by atoms with Gasteiger partial charge in [-0.3, -0.25) is 0 Å². The minimum atomic E-state index is -1.14. The van der Waals surface area contributed by atoms with Gasteiger partial charge in [-0.25, -0.2) is 9.18 Å². The molecule has 0 unspecified atom stereocenters. The quantitative estimate of drug-likeness (QED) is 0.863. The van der Waals surface area contributed by atoms with Gasteiger partial charge >= 0.3 is 5.97 Å². The van der Waals surface area contributed by atoms with E-state index in [2.05, 4.69) is 15.9 Å². The highest BCUT2D eigenvalue weighted by molar-refractivity contribution is 9.10. The number of carboxylic acid groups (broad SMARTS) is 1. The zero-order chi connectivity index (χ0) is 11.4. The van der Waals surface area contributed by atoms with Crippen molar-refractivity contribution in [1.29, 1.82) is 0 Å². The Kier molecular flexibility index (Phi) is 3.85. The Balaban J connectivity index is 3.20. The highest BCUT2D eigenvalue weighted by Gasteiger charge is 2.08. The van der Waals surface area contributed by atoms with Crippen molar-refractivity contribution in [3.63, 3.8) is 0 Å². The molecular formula is C10H8BrFO3. The van der Waals surface area contributed by atoms with Crippen LogP contribution in [0.5, 0.6) is 5.75 Å². The average molecular weight is 275 g/mol. The Morgan fingerprint density at radius 1 is 1.60 bits per heavy atom. The molecule has 0 saturated carbocycles. The number of carbonyl (C=O) groups is 1. The first-order valence-corrected chi connectivity index (χ1v) is 4.78. The van der Waals surface area contributed by atoms with Crippen molar-refractivity contribution < 1.29 is 19.0 Å². The lowest BCUT2D eigenvalue weighted by molar-refractivity contribution is -0.131. The third kappa shape index (κ3) is 3.06. The van der Waals surface area contributed by atoms with Crippen molar-refractivity contribution in [1.82, 2.24) is 0 Å². The van der Waals surface area contributed by atoms with Gasteiger partial charge in [0, 0.05) is 10.5 Å². The molecule has 0 aliphatic heterocycles. The predicted molar refractivity (Wildman–Crippen MR) is 57.3 cm³/mol. The zero-order valence-electron chi connectivity index (χ0n) is 7.83. The van der Waals surface area contributed by atoms with Crippen LogP contribution in [0.1, 0.15) is 5.56 Å². The van der Waals surface area contributed by atoms with Gasteiger partial charge in [-0.2, -0.15) is 0 Å². The second-order valence-electron chi connectivity index (χ2n) is 2.68. The molecule has 0 fully saturated rings. The fourth-order valence-corrected chi connectivity index (χ4v) is 1.46. The van der Waals surface area contributed by atoms with Gasteiger partial charge in [0.05, 0.1) is 12.7 Å². The van der Waals surface area contributed by atoms with Gasteiger partial charge in [0.15, 0.2) is 0 Å². The van der Waals surface area contributed by atoms with E-state index in [0.29, 0.717) is 4.47 Å². The molecule has 0 amide bonds. The summed E-state index contributed by atoms with van der Waals surface area (Å²) in [6.07, 6.45) is 2.01. The molecule has 0 aliphatic carbocycles. The summed E-state index contributed by atoms with van der Waals surface area (Å²) >= 11 is 3.11. The molecule has 80 valence electrons. The molecule has 0 aromatic heterocycles. The molecule has 0 radical (unpaired) electrons. The number of hydrogen-bond acceptors (Lipinski definition) is 2. The second-order valence-corrected chi connectivity index (χ2v) is 3.59. The van der Waals surface area contributed by atoms with Crippen LogP contribution in [0.3, 0.4) is 0 Å². The standard InChI is InChI=1S/C10H8BrFO3/c1-15-9-5-6(11)4-8(12)7(9)2-3-10(13)14/h2-5H,1H3,(H,13,14)/b3-2+. The summed E-state index contributed by atoms with van der Waals surface area (Å²) in [5.74, 6) is -1.41. The molecule has 0 aliphatic rings. The van der Waals surface area contributed by atoms with E-state index >= 15 is 0 Å². The lowest BCUT2D eigenvalue weighted by Gasteiger charge is -2.06. The SMILES string of the molecule is COc1cc(Br)cc(F)c1/C=C/C(=O)O. The smallest absolute Gasteiger partial charge is 0.328 e. The molecule has 0 spiro atoms. The monoisotopic (exact) mass is 274 g/mol. The van der Waals surface area contributed by atoms with Crippen LogP contribution in [0.15, 0.2) is 22.7 Å². The van der Waals surface area contributed by atoms with E-state index in [1.54, 1.807) is 6.07 Å². The van der Waals surface area contributed by atoms with Crippen LogP contribution < -0.4 is 4.74 Å². The predicted octanol–water partition coefficient (Wildman–Crippen LogP) is 2.69. The fourth-order valence-electron chi connectivity index (χ4n) is 1.05. The van der Waals surface area contributed by atoms with Gasteiger partial charge in [0.2, 0.25) is 0 Å². The van der Waals surface area contributed by atoms with Crippen molar-refractivity contribution in [2.24, 2.45) is 0 Å². The molecule has 1 rings (SSSR count). The van der Waals surface area contributed by atoms with Gasteiger partial charge in [-0.15, -0.1) is 0 Å². The summed E-state index contributed by atoms with van der Waals surface area (Å²) in [7, 11) is 1.39. The summed E-state index contributed by atoms with van der Waals surface area (Å²) < 4.78 is 18.9. The van der Waals surface area contributed by atoms with Crippen molar-refractivity contribution >= 4 is 28.0 Å². The molecular weight excluding hydrogens is 267 g/mol. The van der Waals surface area contributed by atoms with Crippen molar-refractivity contribution in [3.05, 3.63) is 34.1 Å². The average Bonchev–Trinajstić information content (AvgIpc) is 2.14. The van der Waals surface area contributed by atoms with E-state index in [0.717, 1.165) is 12.2 Å².